The summed E-state index contributed by atoms with van der Waals surface area (Å²) in [6.45, 7) is 4.85. The Hall–Kier alpha value is -5.02. The van der Waals surface area contributed by atoms with Crippen LogP contribution in [0.4, 0.5) is 0 Å². The summed E-state index contributed by atoms with van der Waals surface area (Å²) in [6.07, 6.45) is 9.55. The van der Waals surface area contributed by atoms with Gasteiger partial charge >= 0.3 is 0 Å². The van der Waals surface area contributed by atoms with Gasteiger partial charge in [0.2, 0.25) is 4.96 Å². The molecule has 4 heterocycles. The van der Waals surface area contributed by atoms with E-state index in [-0.39, 0.29) is 11.7 Å². The highest BCUT2D eigenvalue weighted by molar-refractivity contribution is 7.15. The lowest BCUT2D eigenvalue weighted by molar-refractivity contribution is 0.254. The smallest absolute Gasteiger partial charge is 0.291 e. The number of fused-ring (bicyclic) bond motifs is 2. The molecule has 0 bridgehead atoms. The van der Waals surface area contributed by atoms with E-state index >= 15 is 0 Å². The van der Waals surface area contributed by atoms with Crippen molar-refractivity contribution >= 4 is 34.5 Å². The Labute approximate surface area is 252 Å². The zero-order chi connectivity index (χ0) is 29.3. The molecule has 43 heavy (non-hydrogen) atoms. The monoisotopic (exact) mass is 587 g/mol. The predicted molar refractivity (Wildman–Crippen MR) is 170 cm³/mol. The van der Waals surface area contributed by atoms with Crippen LogP contribution in [-0.4, -0.2) is 37.1 Å². The molecule has 0 saturated carbocycles. The van der Waals surface area contributed by atoms with Crippen LogP contribution in [0.25, 0.3) is 40.1 Å². The van der Waals surface area contributed by atoms with Gasteiger partial charge in [-0.2, -0.15) is 14.6 Å². The van der Waals surface area contributed by atoms with E-state index in [9.17, 15) is 4.79 Å². The second kappa shape index (κ2) is 11.3. The molecule has 9 heteroatoms. The quantitative estimate of drug-likeness (QED) is 0.223. The third-order valence-corrected chi connectivity index (χ3v) is 8.15. The third-order valence-electron chi connectivity index (χ3n) is 7.20. The zero-order valence-electron chi connectivity index (χ0n) is 23.8. The fourth-order valence-corrected chi connectivity index (χ4v) is 6.03. The van der Waals surface area contributed by atoms with Crippen LogP contribution >= 0.6 is 11.3 Å². The zero-order valence-corrected chi connectivity index (χ0v) is 24.6. The maximum atomic E-state index is 13.4. The standard InChI is InChI=1S/C34H29N5O3S/c1-3-17-41-28-13-9-23(10-14-28)11-16-31-35-34-39(36-31)33(40)30(43-34)20-26-21-38(27-7-5-4-6-8-27)37-32(26)24-12-15-29-25(19-24)18-22(2)42-29/h4-16,19-22H,3,17-18H2,1-2H3/b16-11+,30-20-. The summed E-state index contributed by atoms with van der Waals surface area (Å²) >= 11 is 1.31. The van der Waals surface area contributed by atoms with Crippen LogP contribution in [0.3, 0.4) is 0 Å². The van der Waals surface area contributed by atoms with E-state index in [1.807, 2.05) is 95.8 Å². The summed E-state index contributed by atoms with van der Waals surface area (Å²) < 4.78 is 15.3. The number of ether oxygens (including phenoxy) is 2. The molecular formula is C34H29N5O3S. The number of thiazole rings is 1. The average Bonchev–Trinajstić information content (AvgIpc) is 3.79. The van der Waals surface area contributed by atoms with Crippen molar-refractivity contribution in [1.29, 1.82) is 0 Å². The molecular weight excluding hydrogens is 558 g/mol. The van der Waals surface area contributed by atoms with Crippen LogP contribution in [0, 0.1) is 0 Å². The Morgan fingerprint density at radius 3 is 2.67 bits per heavy atom. The maximum Gasteiger partial charge on any atom is 0.291 e. The topological polar surface area (TPSA) is 83.5 Å². The number of aromatic nitrogens is 5. The highest BCUT2D eigenvalue weighted by atomic mass is 32.1. The molecule has 1 aliphatic heterocycles. The van der Waals surface area contributed by atoms with Crippen molar-refractivity contribution in [2.75, 3.05) is 6.61 Å². The van der Waals surface area contributed by atoms with Crippen LogP contribution in [-0.2, 0) is 6.42 Å². The number of hydrogen-bond acceptors (Lipinski definition) is 7. The molecule has 0 fully saturated rings. The molecule has 3 aromatic heterocycles. The first kappa shape index (κ1) is 26.9. The molecule has 1 unspecified atom stereocenters. The minimum Gasteiger partial charge on any atom is -0.494 e. The van der Waals surface area contributed by atoms with Gasteiger partial charge in [-0.1, -0.05) is 54.7 Å². The lowest BCUT2D eigenvalue weighted by Gasteiger charge is -2.04. The van der Waals surface area contributed by atoms with Crippen molar-refractivity contribution in [3.8, 4) is 28.4 Å². The van der Waals surface area contributed by atoms with Crippen molar-refractivity contribution < 1.29 is 9.47 Å². The average molecular weight is 588 g/mol. The van der Waals surface area contributed by atoms with Gasteiger partial charge in [0.15, 0.2) is 5.82 Å². The van der Waals surface area contributed by atoms with Crippen molar-refractivity contribution in [3.05, 3.63) is 116 Å². The van der Waals surface area contributed by atoms with E-state index in [0.29, 0.717) is 21.9 Å². The fourth-order valence-electron chi connectivity index (χ4n) is 5.13. The van der Waals surface area contributed by atoms with E-state index in [1.165, 1.54) is 15.9 Å². The Balaban J connectivity index is 1.22. The molecule has 214 valence electrons. The summed E-state index contributed by atoms with van der Waals surface area (Å²) in [7, 11) is 0. The van der Waals surface area contributed by atoms with Crippen molar-refractivity contribution in [2.24, 2.45) is 0 Å². The molecule has 0 amide bonds. The van der Waals surface area contributed by atoms with Gasteiger partial charge in [-0.05, 0) is 79.1 Å². The second-order valence-electron chi connectivity index (χ2n) is 10.5. The number of nitrogens with zero attached hydrogens (tertiary/aromatic N) is 5. The van der Waals surface area contributed by atoms with E-state index < -0.39 is 0 Å². The van der Waals surface area contributed by atoms with Crippen molar-refractivity contribution in [2.45, 2.75) is 32.8 Å². The first-order chi connectivity index (χ1) is 21.0. The van der Waals surface area contributed by atoms with Gasteiger partial charge in [-0.3, -0.25) is 4.79 Å². The number of rotatable bonds is 8. The summed E-state index contributed by atoms with van der Waals surface area (Å²) in [5.74, 6) is 2.24. The molecule has 7 rings (SSSR count). The molecule has 0 radical (unpaired) electrons. The van der Waals surface area contributed by atoms with E-state index in [4.69, 9.17) is 14.6 Å². The van der Waals surface area contributed by atoms with Gasteiger partial charge in [0, 0.05) is 23.7 Å². The van der Waals surface area contributed by atoms with Crippen molar-refractivity contribution in [3.63, 3.8) is 0 Å². The number of hydrogen-bond donors (Lipinski definition) is 0. The molecule has 1 aliphatic rings. The fraction of sp³-hybridized carbons (Fsp3) is 0.176. The Kier molecular flexibility index (Phi) is 7.08. The van der Waals surface area contributed by atoms with Crippen LogP contribution < -0.4 is 19.6 Å². The molecule has 6 aromatic rings. The van der Waals surface area contributed by atoms with Gasteiger partial charge in [0.1, 0.15) is 23.3 Å². The van der Waals surface area contributed by atoms with Gasteiger partial charge in [-0.15, -0.1) is 5.10 Å². The molecule has 1 atom stereocenters. The van der Waals surface area contributed by atoms with Crippen LogP contribution in [0.5, 0.6) is 11.5 Å². The molecule has 0 spiro atoms. The maximum absolute atomic E-state index is 13.4. The number of para-hydroxylation sites is 1. The SMILES string of the molecule is CCCOc1ccc(/C=C/c2nc3s/c(=C\c4cn(-c5ccccc5)nc4-c4ccc5c(c4)CC(C)O5)c(=O)n3n2)cc1. The molecule has 0 aliphatic carbocycles. The highest BCUT2D eigenvalue weighted by Crippen LogP contribution is 2.34. The van der Waals surface area contributed by atoms with Gasteiger partial charge in [0.25, 0.3) is 5.56 Å². The molecule has 8 nitrogen and oxygen atoms in total. The van der Waals surface area contributed by atoms with Gasteiger partial charge < -0.3 is 9.47 Å². The molecule has 0 saturated heterocycles. The molecule has 0 N–H and O–H groups in total. The van der Waals surface area contributed by atoms with Crippen LogP contribution in [0.15, 0.2) is 83.8 Å². The van der Waals surface area contributed by atoms with E-state index in [2.05, 4.69) is 30.0 Å². The minimum atomic E-state index is -0.209. The van der Waals surface area contributed by atoms with E-state index in [0.717, 1.165) is 58.0 Å². The summed E-state index contributed by atoms with van der Waals surface area (Å²) in [6, 6.07) is 24.0. The Morgan fingerprint density at radius 2 is 1.88 bits per heavy atom. The highest BCUT2D eigenvalue weighted by Gasteiger charge is 2.21. The molecule has 3 aromatic carbocycles. The predicted octanol–water partition coefficient (Wildman–Crippen LogP) is 5.83. The Bertz CT molecular complexity index is 2060. The lowest BCUT2D eigenvalue weighted by atomic mass is 10.0. The summed E-state index contributed by atoms with van der Waals surface area (Å²) in [5, 5.41) is 9.41. The number of benzene rings is 3. The van der Waals surface area contributed by atoms with E-state index in [1.54, 1.807) is 0 Å². The summed E-state index contributed by atoms with van der Waals surface area (Å²) in [4.78, 5) is 18.6. The Morgan fingerprint density at radius 1 is 1.05 bits per heavy atom. The minimum absolute atomic E-state index is 0.154. The first-order valence-corrected chi connectivity index (χ1v) is 15.1. The van der Waals surface area contributed by atoms with Crippen LogP contribution in [0.1, 0.15) is 42.8 Å². The second-order valence-corrected chi connectivity index (χ2v) is 11.5. The first-order valence-electron chi connectivity index (χ1n) is 14.3. The largest absolute Gasteiger partial charge is 0.494 e. The normalized spacial score (nSPS) is 14.9. The van der Waals surface area contributed by atoms with Crippen LogP contribution in [0.2, 0.25) is 0 Å². The third kappa shape index (κ3) is 5.47. The summed E-state index contributed by atoms with van der Waals surface area (Å²) in [5.41, 5.74) is 5.49. The lowest BCUT2D eigenvalue weighted by Crippen LogP contribution is -2.23. The van der Waals surface area contributed by atoms with Gasteiger partial charge in [0.05, 0.1) is 16.8 Å². The van der Waals surface area contributed by atoms with Crippen molar-refractivity contribution in [1.82, 2.24) is 24.4 Å². The van der Waals surface area contributed by atoms with Gasteiger partial charge in [-0.25, -0.2) is 4.68 Å².